The molecule has 0 radical (unpaired) electrons. The Morgan fingerprint density at radius 2 is 2.03 bits per heavy atom. The standard InChI is InChI=1S/C20H16N2O6S2/c1-3-27-16-9-12(10-17-18(23)21(2)20(29)30-17)7-8-15(16)28-19(24)13-5-4-6-14(11-13)22(25)26/h4-11H,3H2,1-2H3/b17-10+. The first-order valence-electron chi connectivity index (χ1n) is 8.75. The maximum absolute atomic E-state index is 12.4. The van der Waals surface area contributed by atoms with E-state index in [1.807, 2.05) is 0 Å². The minimum atomic E-state index is -0.751. The van der Waals surface area contributed by atoms with Crippen molar-refractivity contribution in [3.8, 4) is 11.5 Å². The van der Waals surface area contributed by atoms with Crippen LogP contribution >= 0.6 is 24.0 Å². The molecule has 0 bridgehead atoms. The third-order valence-corrected chi connectivity index (χ3v) is 5.53. The van der Waals surface area contributed by atoms with Gasteiger partial charge in [-0.2, -0.15) is 0 Å². The van der Waals surface area contributed by atoms with Gasteiger partial charge >= 0.3 is 5.97 Å². The second-order valence-corrected chi connectivity index (χ2v) is 7.75. The van der Waals surface area contributed by atoms with Crippen LogP contribution in [0.25, 0.3) is 6.08 Å². The van der Waals surface area contributed by atoms with Gasteiger partial charge in [-0.25, -0.2) is 4.79 Å². The number of rotatable bonds is 6. The Hall–Kier alpha value is -3.24. The summed E-state index contributed by atoms with van der Waals surface area (Å²) in [6, 6.07) is 10.1. The summed E-state index contributed by atoms with van der Waals surface area (Å²) < 4.78 is 11.4. The van der Waals surface area contributed by atoms with E-state index in [4.69, 9.17) is 21.7 Å². The number of thiocarbonyl (C=S) groups is 1. The van der Waals surface area contributed by atoms with E-state index < -0.39 is 10.9 Å². The van der Waals surface area contributed by atoms with Crippen LogP contribution in [0.3, 0.4) is 0 Å². The van der Waals surface area contributed by atoms with Gasteiger partial charge < -0.3 is 9.47 Å². The summed E-state index contributed by atoms with van der Waals surface area (Å²) >= 11 is 6.32. The van der Waals surface area contributed by atoms with Gasteiger partial charge in [0, 0.05) is 19.2 Å². The third kappa shape index (κ3) is 4.66. The minimum absolute atomic E-state index is 0.0438. The zero-order valence-electron chi connectivity index (χ0n) is 16.0. The third-order valence-electron chi connectivity index (χ3n) is 4.05. The smallest absolute Gasteiger partial charge is 0.343 e. The largest absolute Gasteiger partial charge is 0.490 e. The first-order valence-corrected chi connectivity index (χ1v) is 9.97. The molecule has 8 nitrogen and oxygen atoms in total. The molecular weight excluding hydrogens is 428 g/mol. The number of nitro groups is 1. The van der Waals surface area contributed by atoms with Crippen molar-refractivity contribution >= 4 is 51.9 Å². The predicted octanol–water partition coefficient (Wildman–Crippen LogP) is 4.04. The normalized spacial score (nSPS) is 14.9. The fourth-order valence-corrected chi connectivity index (χ4v) is 3.75. The number of carbonyl (C=O) groups excluding carboxylic acids is 2. The van der Waals surface area contributed by atoms with Gasteiger partial charge in [0.1, 0.15) is 4.32 Å². The van der Waals surface area contributed by atoms with Gasteiger partial charge in [-0.15, -0.1) is 0 Å². The Kier molecular flexibility index (Phi) is 6.48. The SMILES string of the molecule is CCOc1cc(/C=C2/SC(=S)N(C)C2=O)ccc1OC(=O)c1cccc([N+](=O)[O-])c1. The van der Waals surface area contributed by atoms with Gasteiger partial charge in [-0.1, -0.05) is 36.1 Å². The first-order chi connectivity index (χ1) is 14.3. The van der Waals surface area contributed by atoms with Gasteiger partial charge in [-0.05, 0) is 36.8 Å². The summed E-state index contributed by atoms with van der Waals surface area (Å²) in [4.78, 5) is 36.8. The number of carbonyl (C=O) groups is 2. The lowest BCUT2D eigenvalue weighted by molar-refractivity contribution is -0.384. The molecule has 1 aliphatic heterocycles. The Balaban J connectivity index is 1.86. The van der Waals surface area contributed by atoms with E-state index >= 15 is 0 Å². The van der Waals surface area contributed by atoms with Crippen LogP contribution in [-0.2, 0) is 4.79 Å². The highest BCUT2D eigenvalue weighted by Gasteiger charge is 2.28. The van der Waals surface area contributed by atoms with Gasteiger partial charge in [0.2, 0.25) is 0 Å². The monoisotopic (exact) mass is 444 g/mol. The van der Waals surface area contributed by atoms with E-state index in [0.29, 0.717) is 27.1 Å². The molecule has 0 N–H and O–H groups in total. The Morgan fingerprint density at radius 1 is 1.27 bits per heavy atom. The van der Waals surface area contributed by atoms with Gasteiger partial charge in [0.05, 0.1) is 22.0 Å². The second-order valence-electron chi connectivity index (χ2n) is 6.08. The van der Waals surface area contributed by atoms with Crippen molar-refractivity contribution < 1.29 is 24.0 Å². The van der Waals surface area contributed by atoms with Crippen LogP contribution in [0.2, 0.25) is 0 Å². The molecule has 0 unspecified atom stereocenters. The van der Waals surface area contributed by atoms with E-state index in [1.165, 1.54) is 34.9 Å². The van der Waals surface area contributed by atoms with Crippen LogP contribution in [0.4, 0.5) is 5.69 Å². The number of nitro benzene ring substituents is 1. The first kappa shape index (κ1) is 21.5. The number of esters is 1. The fourth-order valence-electron chi connectivity index (χ4n) is 2.57. The zero-order chi connectivity index (χ0) is 21.8. The summed E-state index contributed by atoms with van der Waals surface area (Å²) in [6.45, 7) is 2.10. The number of non-ortho nitro benzene ring substituents is 1. The molecule has 2 aromatic carbocycles. The molecule has 0 saturated carbocycles. The molecule has 1 saturated heterocycles. The van der Waals surface area contributed by atoms with Crippen molar-refractivity contribution in [3.05, 3.63) is 68.6 Å². The Bertz CT molecular complexity index is 1080. The molecule has 30 heavy (non-hydrogen) atoms. The van der Waals surface area contributed by atoms with Crippen molar-refractivity contribution in [1.82, 2.24) is 4.90 Å². The lowest BCUT2D eigenvalue weighted by atomic mass is 10.1. The molecule has 1 amide bonds. The number of ether oxygens (including phenoxy) is 2. The molecule has 154 valence electrons. The summed E-state index contributed by atoms with van der Waals surface area (Å²) in [5.41, 5.74) is 0.503. The van der Waals surface area contributed by atoms with E-state index in [9.17, 15) is 19.7 Å². The molecule has 1 heterocycles. The molecule has 0 spiro atoms. The zero-order valence-corrected chi connectivity index (χ0v) is 17.6. The average molecular weight is 444 g/mol. The molecule has 0 aromatic heterocycles. The Morgan fingerprint density at radius 3 is 2.67 bits per heavy atom. The van der Waals surface area contributed by atoms with E-state index in [0.717, 1.165) is 6.07 Å². The number of benzene rings is 2. The highest BCUT2D eigenvalue weighted by molar-refractivity contribution is 8.26. The minimum Gasteiger partial charge on any atom is -0.490 e. The van der Waals surface area contributed by atoms with Crippen LogP contribution in [0.1, 0.15) is 22.8 Å². The van der Waals surface area contributed by atoms with Crippen LogP contribution in [0.5, 0.6) is 11.5 Å². The van der Waals surface area contributed by atoms with Crippen molar-refractivity contribution in [2.45, 2.75) is 6.92 Å². The van der Waals surface area contributed by atoms with Crippen LogP contribution in [0, 0.1) is 10.1 Å². The quantitative estimate of drug-likeness (QED) is 0.164. The maximum Gasteiger partial charge on any atom is 0.343 e. The van der Waals surface area contributed by atoms with Crippen LogP contribution in [-0.4, -0.2) is 39.7 Å². The fraction of sp³-hybridized carbons (Fsp3) is 0.150. The maximum atomic E-state index is 12.4. The predicted molar refractivity (Wildman–Crippen MR) is 117 cm³/mol. The van der Waals surface area contributed by atoms with Crippen molar-refractivity contribution in [2.24, 2.45) is 0 Å². The average Bonchev–Trinajstić information content (AvgIpc) is 2.96. The molecule has 3 rings (SSSR count). The van der Waals surface area contributed by atoms with Crippen molar-refractivity contribution in [2.75, 3.05) is 13.7 Å². The Labute approximate surface area is 181 Å². The number of hydrogen-bond acceptors (Lipinski definition) is 8. The number of likely N-dealkylation sites (N-methyl/N-ethyl adjacent to an activating group) is 1. The van der Waals surface area contributed by atoms with E-state index in [-0.39, 0.29) is 22.9 Å². The molecule has 1 aliphatic rings. The summed E-state index contributed by atoms with van der Waals surface area (Å²) in [7, 11) is 1.61. The summed E-state index contributed by atoms with van der Waals surface area (Å²) in [5.74, 6) is -0.478. The van der Waals surface area contributed by atoms with Crippen molar-refractivity contribution in [3.63, 3.8) is 0 Å². The summed E-state index contributed by atoms with van der Waals surface area (Å²) in [6.07, 6.45) is 1.68. The number of thioether (sulfide) groups is 1. The highest BCUT2D eigenvalue weighted by atomic mass is 32.2. The second kappa shape index (κ2) is 9.06. The topological polar surface area (TPSA) is 99.0 Å². The van der Waals surface area contributed by atoms with Gasteiger partial charge in [0.15, 0.2) is 11.5 Å². The van der Waals surface area contributed by atoms with E-state index in [2.05, 4.69) is 0 Å². The van der Waals surface area contributed by atoms with Gasteiger partial charge in [0.25, 0.3) is 11.6 Å². The van der Waals surface area contributed by atoms with Gasteiger partial charge in [-0.3, -0.25) is 19.8 Å². The van der Waals surface area contributed by atoms with E-state index in [1.54, 1.807) is 38.2 Å². The molecule has 1 fully saturated rings. The summed E-state index contributed by atoms with van der Waals surface area (Å²) in [5, 5.41) is 10.9. The van der Waals surface area contributed by atoms with Crippen LogP contribution < -0.4 is 9.47 Å². The lowest BCUT2D eigenvalue weighted by Crippen LogP contribution is -2.22. The highest BCUT2D eigenvalue weighted by Crippen LogP contribution is 2.34. The number of amides is 1. The van der Waals surface area contributed by atoms with Crippen LogP contribution in [0.15, 0.2) is 47.4 Å². The van der Waals surface area contributed by atoms with Crippen molar-refractivity contribution in [1.29, 1.82) is 0 Å². The molecule has 0 atom stereocenters. The molecule has 2 aromatic rings. The number of nitrogens with zero attached hydrogens (tertiary/aromatic N) is 2. The lowest BCUT2D eigenvalue weighted by Gasteiger charge is -2.11. The molecular formula is C20H16N2O6S2. The molecule has 0 aliphatic carbocycles. The number of hydrogen-bond donors (Lipinski definition) is 0. The molecule has 10 heteroatoms.